The number of fused-ring (bicyclic) bond motifs is 3. The number of anilines is 2. The van der Waals surface area contributed by atoms with Crippen LogP contribution in [0.15, 0.2) is 84.9 Å². The van der Waals surface area contributed by atoms with Gasteiger partial charge in [0.1, 0.15) is 13.1 Å². The van der Waals surface area contributed by atoms with Crippen LogP contribution in [-0.4, -0.2) is 119 Å². The molecular formula is C40H58N3O10Si4+. The van der Waals surface area contributed by atoms with Crippen LogP contribution in [0.4, 0.5) is 11.4 Å². The SMILES string of the molecule is CCN(CC)c1ccc(C(=C2C=CC(=[N+](CC)CCC[Si]34O[Si](O)(OC)O[Si](OC)(O3)O[Si](OC)(OC)O4)c3ccccc32)c2ccc(N(CC)CC)cc2)cc1. The van der Waals surface area contributed by atoms with Crippen LogP contribution in [0, 0.1) is 0 Å². The standard InChI is InChI=1S/C40H58N3O10Si4/c1-10-41(11-2)34-24-20-32(21-25-34)40(33-22-26-35(27-23-33)42(12-3)13-4)38-28-29-39(37-19-16-15-18-36(37)38)43(14-5)30-17-31-54-49-55(44,45-6)52-57(48-9,51-54)53-56(46-7,47-8)50-54/h15-16,18-29,44H,10-14,17,30-31H2,1-9H3/q+1. The van der Waals surface area contributed by atoms with Gasteiger partial charge < -0.3 is 52.9 Å². The molecule has 3 aromatic rings. The van der Waals surface area contributed by atoms with Gasteiger partial charge in [0.05, 0.1) is 5.56 Å². The van der Waals surface area contributed by atoms with E-state index in [0.717, 1.165) is 66.3 Å². The van der Waals surface area contributed by atoms with Crippen LogP contribution in [0.3, 0.4) is 0 Å². The summed E-state index contributed by atoms with van der Waals surface area (Å²) in [5, 5.41) is 0. The molecule has 308 valence electrons. The minimum Gasteiger partial charge on any atom is -0.372 e. The molecule has 2 fully saturated rings. The molecule has 1 aliphatic carbocycles. The number of nitrogens with zero attached hydrogens (tertiary/aromatic N) is 3. The average Bonchev–Trinajstić information content (AvgIpc) is 3.24. The van der Waals surface area contributed by atoms with Crippen LogP contribution in [0.2, 0.25) is 6.04 Å². The molecule has 57 heavy (non-hydrogen) atoms. The first-order valence-corrected chi connectivity index (χ1v) is 26.7. The fourth-order valence-corrected chi connectivity index (χ4v) is 24.1. The summed E-state index contributed by atoms with van der Waals surface area (Å²) in [5.74, 6) is 0. The maximum Gasteiger partial charge on any atom is 0.665 e. The van der Waals surface area contributed by atoms with Gasteiger partial charge in [-0.1, -0.05) is 42.5 Å². The Hall–Kier alpha value is -3.12. The molecule has 2 heterocycles. The normalized spacial score (nSPS) is 24.6. The van der Waals surface area contributed by atoms with Crippen molar-refractivity contribution in [1.82, 2.24) is 0 Å². The van der Waals surface area contributed by atoms with E-state index in [2.05, 4.69) is 134 Å². The van der Waals surface area contributed by atoms with Gasteiger partial charge in [0.25, 0.3) is 0 Å². The highest BCUT2D eigenvalue weighted by Crippen LogP contribution is 2.43. The Kier molecular flexibility index (Phi) is 14.0. The monoisotopic (exact) mass is 852 g/mol. The number of benzene rings is 3. The summed E-state index contributed by atoms with van der Waals surface area (Å²) >= 11 is 0. The van der Waals surface area contributed by atoms with Gasteiger partial charge in [0, 0.05) is 84.5 Å². The lowest BCUT2D eigenvalue weighted by Gasteiger charge is -2.51. The predicted molar refractivity (Wildman–Crippen MR) is 229 cm³/mol. The Bertz CT molecular complexity index is 1880. The minimum atomic E-state index is -4.23. The molecule has 17 heteroatoms. The van der Waals surface area contributed by atoms with Crippen molar-refractivity contribution in [3.8, 4) is 0 Å². The van der Waals surface area contributed by atoms with Gasteiger partial charge in [-0.2, -0.15) is 0 Å². The van der Waals surface area contributed by atoms with Crippen molar-refractivity contribution in [2.45, 2.75) is 47.1 Å². The van der Waals surface area contributed by atoms with Crippen LogP contribution < -0.4 is 9.80 Å². The molecule has 3 unspecified atom stereocenters. The summed E-state index contributed by atoms with van der Waals surface area (Å²) in [5.41, 5.74) is 10.5. The molecule has 0 amide bonds. The Morgan fingerprint density at radius 3 is 1.68 bits per heavy atom. The molecule has 2 bridgehead atoms. The van der Waals surface area contributed by atoms with Gasteiger partial charge >= 0.3 is 35.9 Å². The molecule has 3 atom stereocenters. The van der Waals surface area contributed by atoms with Crippen molar-refractivity contribution in [3.63, 3.8) is 0 Å². The van der Waals surface area contributed by atoms with E-state index in [1.165, 1.54) is 45.4 Å². The van der Waals surface area contributed by atoms with Crippen molar-refractivity contribution in [2.75, 3.05) is 77.5 Å². The Labute approximate surface area is 342 Å². The van der Waals surface area contributed by atoms with E-state index >= 15 is 0 Å². The van der Waals surface area contributed by atoms with E-state index in [0.29, 0.717) is 19.0 Å². The van der Waals surface area contributed by atoms with Crippen LogP contribution in [0.1, 0.15) is 63.3 Å². The molecule has 1 N–H and O–H groups in total. The molecule has 13 nitrogen and oxygen atoms in total. The number of rotatable bonds is 17. The third-order valence-corrected chi connectivity index (χ3v) is 24.5. The summed E-state index contributed by atoms with van der Waals surface area (Å²) < 4.78 is 55.1. The lowest BCUT2D eigenvalue weighted by atomic mass is 9.83. The zero-order chi connectivity index (χ0) is 40.8. The Morgan fingerprint density at radius 1 is 0.632 bits per heavy atom. The van der Waals surface area contributed by atoms with Crippen molar-refractivity contribution in [2.24, 2.45) is 0 Å². The highest BCUT2D eigenvalue weighted by atomic mass is 28.6. The summed E-state index contributed by atoms with van der Waals surface area (Å²) in [7, 11) is -10.3. The van der Waals surface area contributed by atoms with Gasteiger partial charge in [-0.15, -0.1) is 0 Å². The van der Waals surface area contributed by atoms with Crippen molar-refractivity contribution in [3.05, 3.63) is 107 Å². The molecule has 0 aromatic heterocycles. The highest BCUT2D eigenvalue weighted by Gasteiger charge is 2.79. The minimum absolute atomic E-state index is 0.301. The average molecular weight is 853 g/mol. The largest absolute Gasteiger partial charge is 0.665 e. The number of hydrogen-bond donors (Lipinski definition) is 1. The van der Waals surface area contributed by atoms with E-state index in [4.69, 9.17) is 38.3 Å². The highest BCUT2D eigenvalue weighted by molar-refractivity contribution is 6.92. The second-order valence-electron chi connectivity index (χ2n) is 13.7. The van der Waals surface area contributed by atoms with E-state index in [1.807, 2.05) is 0 Å². The number of allylic oxidation sites excluding steroid dienone is 3. The second kappa shape index (κ2) is 18.4. The third kappa shape index (κ3) is 8.92. The van der Waals surface area contributed by atoms with E-state index in [9.17, 15) is 4.80 Å². The van der Waals surface area contributed by atoms with E-state index < -0.39 is 35.9 Å². The molecule has 3 aromatic carbocycles. The lowest BCUT2D eigenvalue weighted by molar-refractivity contribution is -0.523. The van der Waals surface area contributed by atoms with Gasteiger partial charge in [-0.3, -0.25) is 0 Å². The summed E-state index contributed by atoms with van der Waals surface area (Å²) in [6.07, 6.45) is 5.06. The second-order valence-corrected chi connectivity index (χ2v) is 24.3. The van der Waals surface area contributed by atoms with Gasteiger partial charge in [-0.05, 0) is 98.9 Å². The quantitative estimate of drug-likeness (QED) is 0.126. The lowest BCUT2D eigenvalue weighted by Crippen LogP contribution is -2.82. The molecule has 2 aliphatic heterocycles. The first kappa shape index (κ1) is 43.5. The van der Waals surface area contributed by atoms with E-state index in [-0.39, 0.29) is 0 Å². The molecule has 2 saturated heterocycles. The molecule has 6 rings (SSSR count). The van der Waals surface area contributed by atoms with Crippen molar-refractivity contribution in [1.29, 1.82) is 0 Å². The zero-order valence-electron chi connectivity index (χ0n) is 34.7. The van der Waals surface area contributed by atoms with Gasteiger partial charge in [-0.25, -0.2) is 4.58 Å². The van der Waals surface area contributed by atoms with Crippen molar-refractivity contribution < 1.29 is 47.7 Å². The summed E-state index contributed by atoms with van der Waals surface area (Å²) in [4.78, 5) is 15.9. The fraction of sp³-hybridized carbons (Fsp3) is 0.425. The van der Waals surface area contributed by atoms with Crippen molar-refractivity contribution >= 4 is 64.2 Å². The molecule has 0 radical (unpaired) electrons. The summed E-state index contributed by atoms with van der Waals surface area (Å²) in [6, 6.07) is 26.9. The molecule has 3 aliphatic rings. The Morgan fingerprint density at radius 2 is 1.19 bits per heavy atom. The molecule has 0 saturated carbocycles. The molecule has 0 spiro atoms. The van der Waals surface area contributed by atoms with Crippen LogP contribution in [0.5, 0.6) is 0 Å². The topological polar surface area (TPSA) is 113 Å². The van der Waals surface area contributed by atoms with Gasteiger partial charge in [0.15, 0.2) is 0 Å². The summed E-state index contributed by atoms with van der Waals surface area (Å²) in [6.45, 7) is 16.1. The van der Waals surface area contributed by atoms with Crippen LogP contribution in [0.25, 0.3) is 11.1 Å². The van der Waals surface area contributed by atoms with E-state index in [1.54, 1.807) is 0 Å². The maximum atomic E-state index is 11.2. The third-order valence-electron chi connectivity index (χ3n) is 10.7. The smallest absolute Gasteiger partial charge is 0.372 e. The van der Waals surface area contributed by atoms with Crippen LogP contribution >= 0.6 is 0 Å². The fourth-order valence-electron chi connectivity index (χ4n) is 7.71. The zero-order valence-corrected chi connectivity index (χ0v) is 38.7. The first-order valence-electron chi connectivity index (χ1n) is 19.8. The van der Waals surface area contributed by atoms with Crippen LogP contribution in [-0.2, 0) is 38.3 Å². The Balaban J connectivity index is 1.38. The predicted octanol–water partition coefficient (Wildman–Crippen LogP) is 6.05. The number of hydrogen-bond acceptors (Lipinski definition) is 12. The van der Waals surface area contributed by atoms with Gasteiger partial charge in [0.2, 0.25) is 5.71 Å². The maximum absolute atomic E-state index is 11.2. The molecular weight excluding hydrogens is 795 g/mol. The first-order chi connectivity index (χ1) is 27.5.